The topological polar surface area (TPSA) is 97.8 Å². The van der Waals surface area contributed by atoms with E-state index in [1.54, 1.807) is 50.2 Å². The molecule has 0 bridgehead atoms. The predicted molar refractivity (Wildman–Crippen MR) is 91.2 cm³/mol. The largest absolute Gasteiger partial charge is 0.447 e. The highest BCUT2D eigenvalue weighted by Gasteiger charge is 2.36. The lowest BCUT2D eigenvalue weighted by Gasteiger charge is -2.13. The predicted octanol–water partition coefficient (Wildman–Crippen LogP) is 2.77. The standard InChI is InChI=1S/C18H17N3O5/c1-11(2)26-18(24)20-12-7-8-13(19-9-12)10-25-21-16(22)14-5-3-4-6-15(14)17(21)23/h3-9,11H,10H2,1-2H3,(H,20,24). The highest BCUT2D eigenvalue weighted by Crippen LogP contribution is 2.23. The Hall–Kier alpha value is -3.26. The van der Waals surface area contributed by atoms with Gasteiger partial charge in [0.2, 0.25) is 0 Å². The molecule has 3 amide bonds. The summed E-state index contributed by atoms with van der Waals surface area (Å²) in [4.78, 5) is 45.4. The van der Waals surface area contributed by atoms with Gasteiger partial charge in [0.05, 0.1) is 34.8 Å². The van der Waals surface area contributed by atoms with E-state index in [1.165, 1.54) is 6.20 Å². The van der Waals surface area contributed by atoms with Crippen LogP contribution >= 0.6 is 0 Å². The maximum absolute atomic E-state index is 12.2. The number of imide groups is 1. The number of carbonyl (C=O) groups is 3. The Morgan fingerprint density at radius 3 is 2.31 bits per heavy atom. The molecule has 1 aliphatic rings. The van der Waals surface area contributed by atoms with Crippen molar-refractivity contribution < 1.29 is 24.0 Å². The zero-order chi connectivity index (χ0) is 18.7. The first-order valence-electron chi connectivity index (χ1n) is 7.99. The molecule has 1 aromatic heterocycles. The van der Waals surface area contributed by atoms with Gasteiger partial charge in [0.25, 0.3) is 11.8 Å². The molecule has 2 aromatic rings. The lowest BCUT2D eigenvalue weighted by Crippen LogP contribution is -2.29. The second-order valence-electron chi connectivity index (χ2n) is 5.84. The maximum Gasteiger partial charge on any atom is 0.411 e. The summed E-state index contributed by atoms with van der Waals surface area (Å²) in [6.07, 6.45) is 0.634. The van der Waals surface area contributed by atoms with Crippen LogP contribution in [0.5, 0.6) is 0 Å². The van der Waals surface area contributed by atoms with Crippen LogP contribution in [0.2, 0.25) is 0 Å². The molecular weight excluding hydrogens is 338 g/mol. The van der Waals surface area contributed by atoms with Crippen molar-refractivity contribution >= 4 is 23.6 Å². The number of hydrogen-bond donors (Lipinski definition) is 1. The van der Waals surface area contributed by atoms with Gasteiger partial charge in [-0.15, -0.1) is 5.06 Å². The molecule has 2 heterocycles. The van der Waals surface area contributed by atoms with Crippen molar-refractivity contribution in [2.75, 3.05) is 5.32 Å². The van der Waals surface area contributed by atoms with Crippen LogP contribution in [0.4, 0.5) is 10.5 Å². The number of pyridine rings is 1. The van der Waals surface area contributed by atoms with Crippen molar-refractivity contribution in [1.29, 1.82) is 0 Å². The summed E-state index contributed by atoms with van der Waals surface area (Å²) in [6, 6.07) is 9.76. The van der Waals surface area contributed by atoms with Gasteiger partial charge in [0, 0.05) is 0 Å². The van der Waals surface area contributed by atoms with Crippen LogP contribution in [0, 0.1) is 0 Å². The fourth-order valence-corrected chi connectivity index (χ4v) is 2.36. The summed E-state index contributed by atoms with van der Waals surface area (Å²) in [5, 5.41) is 3.28. The summed E-state index contributed by atoms with van der Waals surface area (Å²) < 4.78 is 4.97. The van der Waals surface area contributed by atoms with Crippen molar-refractivity contribution in [3.05, 3.63) is 59.4 Å². The summed E-state index contributed by atoms with van der Waals surface area (Å²) in [5.41, 5.74) is 1.58. The number of hydroxylamine groups is 2. The van der Waals surface area contributed by atoms with Crippen LogP contribution in [0.15, 0.2) is 42.6 Å². The fourth-order valence-electron chi connectivity index (χ4n) is 2.36. The van der Waals surface area contributed by atoms with Crippen LogP contribution in [0.3, 0.4) is 0 Å². The number of carbonyl (C=O) groups excluding carboxylic acids is 3. The first-order chi connectivity index (χ1) is 12.5. The molecule has 1 N–H and O–H groups in total. The van der Waals surface area contributed by atoms with Crippen LogP contribution in [0.25, 0.3) is 0 Å². The number of nitrogens with one attached hydrogen (secondary N) is 1. The molecule has 1 aliphatic heterocycles. The number of ether oxygens (including phenoxy) is 1. The zero-order valence-electron chi connectivity index (χ0n) is 14.3. The molecule has 1 aromatic carbocycles. The molecule has 0 saturated heterocycles. The minimum absolute atomic E-state index is 0.0673. The molecule has 0 radical (unpaired) electrons. The fraction of sp³-hybridized carbons (Fsp3) is 0.222. The molecule has 0 saturated carbocycles. The third-order valence-corrected chi connectivity index (χ3v) is 3.51. The van der Waals surface area contributed by atoms with Gasteiger partial charge in [0.15, 0.2) is 0 Å². The van der Waals surface area contributed by atoms with Gasteiger partial charge in [0.1, 0.15) is 6.61 Å². The van der Waals surface area contributed by atoms with Gasteiger partial charge in [-0.25, -0.2) is 4.79 Å². The average Bonchev–Trinajstić information content (AvgIpc) is 2.85. The van der Waals surface area contributed by atoms with E-state index >= 15 is 0 Å². The van der Waals surface area contributed by atoms with Crippen molar-refractivity contribution in [1.82, 2.24) is 10.0 Å². The first-order valence-corrected chi connectivity index (χ1v) is 7.99. The van der Waals surface area contributed by atoms with Crippen molar-refractivity contribution in [3.8, 4) is 0 Å². The molecule has 0 spiro atoms. The van der Waals surface area contributed by atoms with E-state index in [0.717, 1.165) is 5.06 Å². The monoisotopic (exact) mass is 355 g/mol. The number of benzene rings is 1. The van der Waals surface area contributed by atoms with E-state index in [1.807, 2.05) is 0 Å². The van der Waals surface area contributed by atoms with E-state index in [4.69, 9.17) is 9.57 Å². The van der Waals surface area contributed by atoms with E-state index in [0.29, 0.717) is 22.5 Å². The summed E-state index contributed by atoms with van der Waals surface area (Å²) in [5.74, 6) is -0.999. The Kier molecular flexibility index (Phi) is 4.94. The van der Waals surface area contributed by atoms with Gasteiger partial charge in [-0.05, 0) is 38.1 Å². The quantitative estimate of drug-likeness (QED) is 0.828. The summed E-state index contributed by atoms with van der Waals surface area (Å²) >= 11 is 0. The molecule has 0 aliphatic carbocycles. The average molecular weight is 355 g/mol. The third-order valence-electron chi connectivity index (χ3n) is 3.51. The Morgan fingerprint density at radius 2 is 1.77 bits per heavy atom. The SMILES string of the molecule is CC(C)OC(=O)Nc1ccc(CON2C(=O)c3ccccc3C2=O)nc1. The van der Waals surface area contributed by atoms with E-state index < -0.39 is 17.9 Å². The summed E-state index contributed by atoms with van der Waals surface area (Å²) in [7, 11) is 0. The molecule has 0 unspecified atom stereocenters. The number of aromatic nitrogens is 1. The summed E-state index contributed by atoms with van der Waals surface area (Å²) in [6.45, 7) is 3.43. The molecular formula is C18H17N3O5. The van der Waals surface area contributed by atoms with Crippen LogP contribution < -0.4 is 5.32 Å². The number of hydrogen-bond acceptors (Lipinski definition) is 6. The highest BCUT2D eigenvalue weighted by atomic mass is 16.7. The molecule has 8 heteroatoms. The Labute approximate surface area is 149 Å². The Morgan fingerprint density at radius 1 is 1.12 bits per heavy atom. The lowest BCUT2D eigenvalue weighted by molar-refractivity contribution is -0.102. The molecule has 0 atom stereocenters. The van der Waals surface area contributed by atoms with E-state index in [2.05, 4.69) is 10.3 Å². The van der Waals surface area contributed by atoms with Gasteiger partial charge in [-0.3, -0.25) is 24.7 Å². The van der Waals surface area contributed by atoms with Crippen molar-refractivity contribution in [3.63, 3.8) is 0 Å². The Bertz CT molecular complexity index is 813. The second kappa shape index (κ2) is 7.32. The maximum atomic E-state index is 12.2. The lowest BCUT2D eigenvalue weighted by atomic mass is 10.1. The van der Waals surface area contributed by atoms with Crippen LogP contribution in [0.1, 0.15) is 40.3 Å². The number of amides is 3. The van der Waals surface area contributed by atoms with Gasteiger partial charge >= 0.3 is 6.09 Å². The number of nitrogens with zero attached hydrogens (tertiary/aromatic N) is 2. The minimum atomic E-state index is -0.572. The Balaban J connectivity index is 1.58. The molecule has 3 rings (SSSR count). The van der Waals surface area contributed by atoms with Crippen LogP contribution in [-0.2, 0) is 16.2 Å². The molecule has 8 nitrogen and oxygen atoms in total. The second-order valence-corrected chi connectivity index (χ2v) is 5.84. The smallest absolute Gasteiger partial charge is 0.411 e. The number of rotatable bonds is 5. The number of fused-ring (bicyclic) bond motifs is 1. The normalized spacial score (nSPS) is 13.1. The molecule has 134 valence electrons. The minimum Gasteiger partial charge on any atom is -0.447 e. The van der Waals surface area contributed by atoms with Crippen molar-refractivity contribution in [2.24, 2.45) is 0 Å². The van der Waals surface area contributed by atoms with Gasteiger partial charge < -0.3 is 4.74 Å². The third kappa shape index (κ3) is 3.70. The zero-order valence-corrected chi connectivity index (χ0v) is 14.3. The van der Waals surface area contributed by atoms with Crippen LogP contribution in [-0.4, -0.2) is 34.1 Å². The molecule has 26 heavy (non-hydrogen) atoms. The number of anilines is 1. The van der Waals surface area contributed by atoms with E-state index in [-0.39, 0.29) is 12.7 Å². The highest BCUT2D eigenvalue weighted by molar-refractivity contribution is 6.20. The first kappa shape index (κ1) is 17.6. The molecule has 0 fully saturated rings. The van der Waals surface area contributed by atoms with Gasteiger partial charge in [-0.2, -0.15) is 0 Å². The van der Waals surface area contributed by atoms with E-state index in [9.17, 15) is 14.4 Å². The van der Waals surface area contributed by atoms with Crippen molar-refractivity contribution in [2.45, 2.75) is 26.6 Å². The van der Waals surface area contributed by atoms with Gasteiger partial charge in [-0.1, -0.05) is 12.1 Å².